The highest BCUT2D eigenvalue weighted by Gasteiger charge is 2.32. The van der Waals surface area contributed by atoms with Crippen molar-refractivity contribution in [3.05, 3.63) is 22.8 Å². The van der Waals surface area contributed by atoms with Gasteiger partial charge in [-0.05, 0) is 18.9 Å². The Morgan fingerprint density at radius 2 is 2.00 bits per heavy atom. The van der Waals surface area contributed by atoms with Gasteiger partial charge < -0.3 is 4.90 Å². The number of carbonyl (C=O) groups is 1. The van der Waals surface area contributed by atoms with Crippen molar-refractivity contribution in [3.8, 4) is 0 Å². The van der Waals surface area contributed by atoms with Gasteiger partial charge >= 0.3 is 6.18 Å². The number of amides is 1. The molecule has 0 atom stereocenters. The van der Waals surface area contributed by atoms with E-state index in [0.29, 0.717) is 0 Å². The molecule has 0 N–H and O–H groups in total. The molecule has 10 heteroatoms. The first-order valence-corrected chi connectivity index (χ1v) is 8.24. The lowest BCUT2D eigenvalue weighted by Gasteiger charge is -2.14. The summed E-state index contributed by atoms with van der Waals surface area (Å²) in [5.74, 6) is 0.0524. The van der Waals surface area contributed by atoms with Gasteiger partial charge in [0.2, 0.25) is 5.91 Å². The summed E-state index contributed by atoms with van der Waals surface area (Å²) in [6, 6.07) is 0.815. The van der Waals surface area contributed by atoms with Crippen molar-refractivity contribution >= 4 is 34.9 Å². The summed E-state index contributed by atoms with van der Waals surface area (Å²) >= 11 is 6.89. The zero-order valence-corrected chi connectivity index (χ0v) is 13.4. The van der Waals surface area contributed by atoms with Crippen LogP contribution in [-0.4, -0.2) is 44.2 Å². The minimum atomic E-state index is -4.52. The smallest absolute Gasteiger partial charge is 0.342 e. The van der Waals surface area contributed by atoms with Crippen LogP contribution in [0.15, 0.2) is 17.4 Å². The molecule has 1 amide bonds. The van der Waals surface area contributed by atoms with E-state index in [2.05, 4.69) is 10.2 Å². The van der Waals surface area contributed by atoms with Gasteiger partial charge in [0.25, 0.3) is 0 Å². The first-order chi connectivity index (χ1) is 10.9. The van der Waals surface area contributed by atoms with Gasteiger partial charge in [0.1, 0.15) is 0 Å². The number of pyridine rings is 1. The van der Waals surface area contributed by atoms with Gasteiger partial charge in [-0.2, -0.15) is 13.2 Å². The number of nitrogens with zero attached hydrogens (tertiary/aromatic N) is 4. The predicted octanol–water partition coefficient (Wildman–Crippen LogP) is 3.12. The fourth-order valence-electron chi connectivity index (χ4n) is 2.37. The lowest BCUT2D eigenvalue weighted by Crippen LogP contribution is -2.29. The highest BCUT2D eigenvalue weighted by Crippen LogP contribution is 2.33. The molecular weight excluding hydrogens is 353 g/mol. The molecule has 5 nitrogen and oxygen atoms in total. The summed E-state index contributed by atoms with van der Waals surface area (Å²) in [7, 11) is 0. The summed E-state index contributed by atoms with van der Waals surface area (Å²) in [6.07, 6.45) is -1.66. The van der Waals surface area contributed by atoms with Crippen LogP contribution in [0.3, 0.4) is 0 Å². The molecule has 3 rings (SSSR count). The Morgan fingerprint density at radius 3 is 2.65 bits per heavy atom. The second kappa shape index (κ2) is 6.20. The molecule has 0 aliphatic carbocycles. The third kappa shape index (κ3) is 3.40. The van der Waals surface area contributed by atoms with Crippen LogP contribution in [0.2, 0.25) is 5.02 Å². The Bertz CT molecular complexity index is 743. The number of halogens is 4. The molecular formula is C13H12ClF3N4OS. The average molecular weight is 365 g/mol. The number of likely N-dealkylation sites (tertiary alicyclic amines) is 1. The third-order valence-corrected chi connectivity index (χ3v) is 4.75. The van der Waals surface area contributed by atoms with E-state index >= 15 is 0 Å². The topological polar surface area (TPSA) is 50.5 Å². The van der Waals surface area contributed by atoms with E-state index in [-0.39, 0.29) is 27.5 Å². The Hall–Kier alpha value is -1.48. The van der Waals surface area contributed by atoms with Crippen LogP contribution in [0.4, 0.5) is 13.2 Å². The van der Waals surface area contributed by atoms with Gasteiger partial charge in [0.05, 0.1) is 16.3 Å². The number of fused-ring (bicyclic) bond motifs is 1. The number of thioether (sulfide) groups is 1. The van der Waals surface area contributed by atoms with Crippen molar-refractivity contribution in [1.29, 1.82) is 0 Å². The number of rotatable bonds is 3. The molecule has 3 heterocycles. The number of carbonyl (C=O) groups excluding carboxylic acids is 1. The summed E-state index contributed by atoms with van der Waals surface area (Å²) in [5.41, 5.74) is -0.752. The van der Waals surface area contributed by atoms with Crippen LogP contribution in [0, 0.1) is 0 Å². The summed E-state index contributed by atoms with van der Waals surface area (Å²) < 4.78 is 39.8. The van der Waals surface area contributed by atoms with E-state index in [4.69, 9.17) is 11.6 Å². The molecule has 0 aromatic carbocycles. The molecule has 1 aliphatic heterocycles. The molecule has 0 saturated carbocycles. The molecule has 0 bridgehead atoms. The van der Waals surface area contributed by atoms with E-state index in [1.807, 2.05) is 0 Å². The second-order valence-corrected chi connectivity index (χ2v) is 6.48. The van der Waals surface area contributed by atoms with Crippen LogP contribution < -0.4 is 0 Å². The van der Waals surface area contributed by atoms with Crippen molar-refractivity contribution in [2.24, 2.45) is 0 Å². The molecule has 1 saturated heterocycles. The molecule has 23 heavy (non-hydrogen) atoms. The second-order valence-electron chi connectivity index (χ2n) is 5.13. The highest BCUT2D eigenvalue weighted by molar-refractivity contribution is 7.99. The monoisotopic (exact) mass is 364 g/mol. The lowest BCUT2D eigenvalue weighted by molar-refractivity contribution is -0.138. The average Bonchev–Trinajstić information content (AvgIpc) is 3.13. The van der Waals surface area contributed by atoms with Crippen molar-refractivity contribution in [1.82, 2.24) is 19.5 Å². The number of hydrogen-bond acceptors (Lipinski definition) is 4. The lowest BCUT2D eigenvalue weighted by atomic mass is 10.3. The summed E-state index contributed by atoms with van der Waals surface area (Å²) in [4.78, 5) is 13.8. The molecule has 0 unspecified atom stereocenters. The standard InChI is InChI=1S/C13H12ClF3N4OS/c14-9-5-8(13(15,16)17)6-21-11(9)18-19-12(21)23-7-10(22)20-3-1-2-4-20/h5-6H,1-4,7H2. The van der Waals surface area contributed by atoms with Crippen LogP contribution >= 0.6 is 23.4 Å². The zero-order chi connectivity index (χ0) is 16.6. The molecule has 0 spiro atoms. The van der Waals surface area contributed by atoms with Gasteiger partial charge in [0, 0.05) is 19.3 Å². The van der Waals surface area contributed by atoms with E-state index in [0.717, 1.165) is 50.0 Å². The van der Waals surface area contributed by atoms with Crippen molar-refractivity contribution in [2.75, 3.05) is 18.8 Å². The van der Waals surface area contributed by atoms with Gasteiger partial charge in [-0.15, -0.1) is 10.2 Å². The Kier molecular flexibility index (Phi) is 4.41. The van der Waals surface area contributed by atoms with Crippen LogP contribution in [0.5, 0.6) is 0 Å². The number of aromatic nitrogens is 3. The van der Waals surface area contributed by atoms with Crippen LogP contribution in [0.25, 0.3) is 5.65 Å². The number of alkyl halides is 3. The predicted molar refractivity (Wildman–Crippen MR) is 79.5 cm³/mol. The fourth-order valence-corrected chi connectivity index (χ4v) is 3.43. The summed E-state index contributed by atoms with van der Waals surface area (Å²) in [6.45, 7) is 1.45. The minimum absolute atomic E-state index is 0.0534. The van der Waals surface area contributed by atoms with E-state index in [1.165, 1.54) is 4.40 Å². The highest BCUT2D eigenvalue weighted by atomic mass is 35.5. The maximum absolute atomic E-state index is 12.9. The van der Waals surface area contributed by atoms with E-state index < -0.39 is 11.7 Å². The van der Waals surface area contributed by atoms with Crippen molar-refractivity contribution in [2.45, 2.75) is 24.2 Å². The quantitative estimate of drug-likeness (QED) is 0.785. The Labute approximate surface area is 138 Å². The van der Waals surface area contributed by atoms with Crippen molar-refractivity contribution < 1.29 is 18.0 Å². The molecule has 1 aliphatic rings. The SMILES string of the molecule is O=C(CSc1nnc2c(Cl)cc(C(F)(F)F)cn12)N1CCCC1. The van der Waals surface area contributed by atoms with Gasteiger partial charge in [-0.3, -0.25) is 9.20 Å². The van der Waals surface area contributed by atoms with Crippen molar-refractivity contribution in [3.63, 3.8) is 0 Å². The zero-order valence-electron chi connectivity index (χ0n) is 11.8. The Balaban J connectivity index is 1.83. The van der Waals surface area contributed by atoms with E-state index in [9.17, 15) is 18.0 Å². The Morgan fingerprint density at radius 1 is 1.30 bits per heavy atom. The maximum Gasteiger partial charge on any atom is 0.417 e. The van der Waals surface area contributed by atoms with E-state index in [1.54, 1.807) is 4.90 Å². The molecule has 1 fully saturated rings. The molecule has 2 aromatic rings. The largest absolute Gasteiger partial charge is 0.417 e. The molecule has 2 aromatic heterocycles. The molecule has 124 valence electrons. The maximum atomic E-state index is 12.9. The normalized spacial score (nSPS) is 15.6. The van der Waals surface area contributed by atoms with Gasteiger partial charge in [-0.1, -0.05) is 23.4 Å². The minimum Gasteiger partial charge on any atom is -0.342 e. The van der Waals surface area contributed by atoms with Gasteiger partial charge in [-0.25, -0.2) is 0 Å². The third-order valence-electron chi connectivity index (χ3n) is 3.54. The van der Waals surface area contributed by atoms with Crippen LogP contribution in [-0.2, 0) is 11.0 Å². The first kappa shape index (κ1) is 16.4. The number of hydrogen-bond donors (Lipinski definition) is 0. The first-order valence-electron chi connectivity index (χ1n) is 6.88. The van der Waals surface area contributed by atoms with Gasteiger partial charge in [0.15, 0.2) is 10.8 Å². The van der Waals surface area contributed by atoms with Crippen LogP contribution in [0.1, 0.15) is 18.4 Å². The fraction of sp³-hybridized carbons (Fsp3) is 0.462. The molecule has 0 radical (unpaired) electrons. The summed E-state index contributed by atoms with van der Waals surface area (Å²) in [5, 5.41) is 7.69.